The van der Waals surface area contributed by atoms with Crippen molar-refractivity contribution in [2.45, 2.75) is 51.1 Å². The summed E-state index contributed by atoms with van der Waals surface area (Å²) in [5.41, 5.74) is 6.66. The highest BCUT2D eigenvalue weighted by Gasteiger charge is 2.58. The Morgan fingerprint density at radius 2 is 2.12 bits per heavy atom. The van der Waals surface area contributed by atoms with Gasteiger partial charge in [0, 0.05) is 6.54 Å². The summed E-state index contributed by atoms with van der Waals surface area (Å²) in [6, 6.07) is 0. The maximum atomic E-state index is 12.4. The number of ether oxygens (including phenoxy) is 3. The minimum atomic E-state index is -0.843. The fourth-order valence-electron chi connectivity index (χ4n) is 3.38. The summed E-state index contributed by atoms with van der Waals surface area (Å²) in [7, 11) is 0. The molecule has 0 spiro atoms. The maximum Gasteiger partial charge on any atom is 0.252 e. The van der Waals surface area contributed by atoms with E-state index in [0.717, 1.165) is 0 Å². The molecule has 4 atom stereocenters. The fraction of sp³-hybridized carbons (Fsp3) is 0.600. The number of nitrogens with zero attached hydrogens (tertiary/aromatic N) is 4. The predicted molar refractivity (Wildman–Crippen MR) is 91.2 cm³/mol. The summed E-state index contributed by atoms with van der Waals surface area (Å²) in [5.74, 6) is -0.940. The van der Waals surface area contributed by atoms with Crippen LogP contribution in [0.1, 0.15) is 27.0 Å². The molecule has 3 N–H and O–H groups in total. The largest absolute Gasteiger partial charge is 0.382 e. The first kappa shape index (κ1) is 17.4. The molecule has 0 aliphatic carbocycles. The quantitative estimate of drug-likeness (QED) is 0.739. The van der Waals surface area contributed by atoms with Crippen LogP contribution in [0.5, 0.6) is 0 Å². The van der Waals surface area contributed by atoms with Crippen LogP contribution in [0.3, 0.4) is 0 Å². The minimum Gasteiger partial charge on any atom is -0.382 e. The van der Waals surface area contributed by atoms with E-state index in [2.05, 4.69) is 20.3 Å². The lowest BCUT2D eigenvalue weighted by atomic mass is 10.1. The molecule has 4 heterocycles. The number of likely N-dealkylation sites (N-methyl/N-ethyl adjacent to an activating group) is 1. The second-order valence-corrected chi connectivity index (χ2v) is 6.95. The first-order chi connectivity index (χ1) is 12.3. The molecule has 2 aromatic heterocycles. The van der Waals surface area contributed by atoms with Crippen molar-refractivity contribution in [3.8, 4) is 0 Å². The van der Waals surface area contributed by atoms with Gasteiger partial charge in [-0.2, -0.15) is 9.97 Å². The number of carbonyl (C=O) groups excluding carboxylic acids is 1. The number of hydrogen-bond acceptors (Lipinski definition) is 8. The van der Waals surface area contributed by atoms with E-state index in [1.54, 1.807) is 18.4 Å². The molecule has 4 rings (SSSR count). The van der Waals surface area contributed by atoms with Gasteiger partial charge in [0.05, 0.1) is 6.33 Å². The Hall–Kier alpha value is -2.01. The third-order valence-corrected chi connectivity index (χ3v) is 4.50. The number of nitrogen functional groups attached to an aromatic ring is 1. The number of hydrogen-bond donors (Lipinski definition) is 2. The Balaban J connectivity index is 1.76. The summed E-state index contributed by atoms with van der Waals surface area (Å²) < 4.78 is 19.5. The van der Waals surface area contributed by atoms with Crippen LogP contribution in [-0.2, 0) is 19.0 Å². The van der Waals surface area contributed by atoms with Crippen LogP contribution in [0.2, 0.25) is 5.28 Å². The summed E-state index contributed by atoms with van der Waals surface area (Å²) in [6.45, 7) is 5.90. The average molecular weight is 383 g/mol. The van der Waals surface area contributed by atoms with Crippen molar-refractivity contribution < 1.29 is 19.0 Å². The second-order valence-electron chi connectivity index (χ2n) is 6.61. The van der Waals surface area contributed by atoms with Gasteiger partial charge in [0.25, 0.3) is 5.91 Å². The molecular weight excluding hydrogens is 364 g/mol. The molecule has 2 fully saturated rings. The van der Waals surface area contributed by atoms with Gasteiger partial charge in [0.15, 0.2) is 29.6 Å². The van der Waals surface area contributed by atoms with Gasteiger partial charge in [0.1, 0.15) is 17.7 Å². The van der Waals surface area contributed by atoms with Crippen LogP contribution >= 0.6 is 11.6 Å². The Bertz CT molecular complexity index is 871. The predicted octanol–water partition coefficient (Wildman–Crippen LogP) is 0.615. The molecule has 0 bridgehead atoms. The number of halogens is 1. The summed E-state index contributed by atoms with van der Waals surface area (Å²) in [4.78, 5) is 24.8. The van der Waals surface area contributed by atoms with Crippen LogP contribution in [0.4, 0.5) is 5.82 Å². The summed E-state index contributed by atoms with van der Waals surface area (Å²) in [6.07, 6.45) is -1.06. The minimum absolute atomic E-state index is 0.00417. The van der Waals surface area contributed by atoms with Crippen molar-refractivity contribution in [3.63, 3.8) is 0 Å². The second kappa shape index (κ2) is 6.02. The number of amides is 1. The monoisotopic (exact) mass is 382 g/mol. The smallest absolute Gasteiger partial charge is 0.252 e. The first-order valence-electron chi connectivity index (χ1n) is 8.25. The lowest BCUT2D eigenvalue weighted by Crippen LogP contribution is -2.42. The lowest BCUT2D eigenvalue weighted by molar-refractivity contribution is -0.197. The van der Waals surface area contributed by atoms with E-state index in [0.29, 0.717) is 17.7 Å². The summed E-state index contributed by atoms with van der Waals surface area (Å²) >= 11 is 5.93. The number of carbonyl (C=O) groups is 1. The number of anilines is 1. The molecule has 10 nitrogen and oxygen atoms in total. The molecule has 2 saturated heterocycles. The lowest BCUT2D eigenvalue weighted by Gasteiger charge is -2.24. The van der Waals surface area contributed by atoms with E-state index >= 15 is 0 Å². The van der Waals surface area contributed by atoms with E-state index in [1.807, 2.05) is 6.92 Å². The number of rotatable bonds is 3. The normalized spacial score (nSPS) is 29.8. The third kappa shape index (κ3) is 2.69. The topological polar surface area (TPSA) is 126 Å². The van der Waals surface area contributed by atoms with Crippen molar-refractivity contribution in [3.05, 3.63) is 11.6 Å². The molecule has 11 heteroatoms. The zero-order valence-corrected chi connectivity index (χ0v) is 15.2. The molecule has 0 saturated carbocycles. The van der Waals surface area contributed by atoms with Crippen molar-refractivity contribution in [2.75, 3.05) is 12.3 Å². The highest BCUT2D eigenvalue weighted by atomic mass is 35.5. The number of aromatic nitrogens is 4. The van der Waals surface area contributed by atoms with Crippen LogP contribution in [-0.4, -0.2) is 56.1 Å². The highest BCUT2D eigenvalue weighted by Crippen LogP contribution is 2.43. The SMILES string of the molecule is CCNC(=O)C1OC(n2cnc3c(N)nc(Cl)nc32)C2OC(C)(C)OC12. The Labute approximate surface area is 154 Å². The van der Waals surface area contributed by atoms with Crippen LogP contribution in [0.25, 0.3) is 11.2 Å². The molecule has 1 amide bonds. The van der Waals surface area contributed by atoms with Crippen molar-refractivity contribution in [1.29, 1.82) is 0 Å². The fourth-order valence-corrected chi connectivity index (χ4v) is 3.55. The molecule has 2 aliphatic heterocycles. The molecule has 0 aromatic carbocycles. The highest BCUT2D eigenvalue weighted by molar-refractivity contribution is 6.28. The van der Waals surface area contributed by atoms with Gasteiger partial charge in [-0.1, -0.05) is 0 Å². The Kier molecular flexibility index (Phi) is 4.03. The van der Waals surface area contributed by atoms with E-state index in [9.17, 15) is 4.79 Å². The molecule has 26 heavy (non-hydrogen) atoms. The average Bonchev–Trinajstić information content (AvgIpc) is 3.18. The van der Waals surface area contributed by atoms with Crippen molar-refractivity contribution in [1.82, 2.24) is 24.8 Å². The van der Waals surface area contributed by atoms with E-state index in [4.69, 9.17) is 31.5 Å². The Morgan fingerprint density at radius 3 is 2.85 bits per heavy atom. The van der Waals surface area contributed by atoms with Gasteiger partial charge in [-0.25, -0.2) is 4.98 Å². The van der Waals surface area contributed by atoms with Gasteiger partial charge in [-0.05, 0) is 32.4 Å². The number of nitrogens with one attached hydrogen (secondary N) is 1. The molecular formula is C15H19ClN6O4. The molecule has 140 valence electrons. The van der Waals surface area contributed by atoms with Gasteiger partial charge >= 0.3 is 0 Å². The first-order valence-corrected chi connectivity index (χ1v) is 8.63. The van der Waals surface area contributed by atoms with Gasteiger partial charge in [0.2, 0.25) is 5.28 Å². The zero-order chi connectivity index (χ0) is 18.6. The van der Waals surface area contributed by atoms with Crippen molar-refractivity contribution in [2.24, 2.45) is 0 Å². The van der Waals surface area contributed by atoms with Crippen LogP contribution in [0, 0.1) is 0 Å². The van der Waals surface area contributed by atoms with E-state index in [1.165, 1.54) is 6.33 Å². The van der Waals surface area contributed by atoms with E-state index in [-0.39, 0.29) is 17.0 Å². The number of fused-ring (bicyclic) bond motifs is 2. The van der Waals surface area contributed by atoms with Gasteiger partial charge in [-0.15, -0.1) is 0 Å². The zero-order valence-electron chi connectivity index (χ0n) is 14.5. The molecule has 2 aliphatic rings. The maximum absolute atomic E-state index is 12.4. The van der Waals surface area contributed by atoms with Gasteiger partial charge < -0.3 is 25.3 Å². The standard InChI is InChI=1S/C15H19ClN6O4/c1-4-18-12(23)8-7-9(26-15(2,3)25-7)13(24-8)22-5-19-6-10(17)20-14(16)21-11(6)22/h5,7-9,13H,4H2,1-3H3,(H,18,23)(H2,17,20,21). The van der Waals surface area contributed by atoms with Crippen LogP contribution in [0.15, 0.2) is 6.33 Å². The molecule has 2 aromatic rings. The molecule has 4 unspecified atom stereocenters. The summed E-state index contributed by atoms with van der Waals surface area (Å²) in [5, 5.41) is 2.75. The number of nitrogens with two attached hydrogens (primary N) is 1. The molecule has 0 radical (unpaired) electrons. The third-order valence-electron chi connectivity index (χ3n) is 4.33. The number of imidazole rings is 1. The van der Waals surface area contributed by atoms with E-state index < -0.39 is 30.3 Å². The Morgan fingerprint density at radius 1 is 1.38 bits per heavy atom. The van der Waals surface area contributed by atoms with Crippen molar-refractivity contribution >= 4 is 34.5 Å². The van der Waals surface area contributed by atoms with Crippen LogP contribution < -0.4 is 11.1 Å². The van der Waals surface area contributed by atoms with Gasteiger partial charge in [-0.3, -0.25) is 9.36 Å².